The lowest BCUT2D eigenvalue weighted by Gasteiger charge is -2.23. The highest BCUT2D eigenvalue weighted by Crippen LogP contribution is 2.85. The van der Waals surface area contributed by atoms with Crippen molar-refractivity contribution in [2.45, 2.75) is 24.0 Å². The van der Waals surface area contributed by atoms with Gasteiger partial charge in [0.2, 0.25) is 0 Å². The Labute approximate surface area is 66.9 Å². The largest absolute Gasteiger partial charge is 0.229 e. The highest BCUT2D eigenvalue weighted by Gasteiger charge is 2.91. The van der Waals surface area contributed by atoms with E-state index >= 15 is 0 Å². The summed E-state index contributed by atoms with van der Waals surface area (Å²) in [4.78, 5) is 0. The molecular formula is C8H12O2S. The SMILES string of the molecule is CS(=O)(=O)C12C3CCCC1C32. The van der Waals surface area contributed by atoms with Gasteiger partial charge in [-0.25, -0.2) is 8.42 Å². The third kappa shape index (κ3) is 0.461. The van der Waals surface area contributed by atoms with Gasteiger partial charge in [-0.05, 0) is 30.6 Å². The zero-order chi connectivity index (χ0) is 7.85. The minimum Gasteiger partial charge on any atom is -0.229 e. The van der Waals surface area contributed by atoms with E-state index < -0.39 is 9.84 Å². The van der Waals surface area contributed by atoms with Crippen LogP contribution < -0.4 is 0 Å². The molecule has 2 unspecified atom stereocenters. The van der Waals surface area contributed by atoms with E-state index in [-0.39, 0.29) is 4.75 Å². The van der Waals surface area contributed by atoms with Crippen LogP contribution in [0.3, 0.4) is 0 Å². The molecule has 3 heteroatoms. The van der Waals surface area contributed by atoms with Crippen LogP contribution in [0.2, 0.25) is 0 Å². The van der Waals surface area contributed by atoms with E-state index in [1.807, 2.05) is 0 Å². The molecule has 3 aliphatic rings. The van der Waals surface area contributed by atoms with Gasteiger partial charge < -0.3 is 0 Å². The Balaban J connectivity index is 2.03. The highest BCUT2D eigenvalue weighted by atomic mass is 32.2. The fourth-order valence-electron chi connectivity index (χ4n) is 3.57. The summed E-state index contributed by atoms with van der Waals surface area (Å²) in [6.07, 6.45) is 5.04. The maximum absolute atomic E-state index is 11.4. The molecule has 0 aromatic heterocycles. The smallest absolute Gasteiger partial charge is 0.154 e. The number of rotatable bonds is 1. The quantitative estimate of drug-likeness (QED) is 0.587. The molecule has 0 radical (unpaired) electrons. The van der Waals surface area contributed by atoms with Crippen molar-refractivity contribution < 1.29 is 8.42 Å². The summed E-state index contributed by atoms with van der Waals surface area (Å²) in [5.74, 6) is 1.76. The van der Waals surface area contributed by atoms with E-state index in [4.69, 9.17) is 0 Å². The van der Waals surface area contributed by atoms with E-state index in [1.165, 1.54) is 25.5 Å². The lowest BCUT2D eigenvalue weighted by Crippen LogP contribution is -2.27. The van der Waals surface area contributed by atoms with Crippen LogP contribution in [0.25, 0.3) is 0 Å². The van der Waals surface area contributed by atoms with Crippen LogP contribution in [0.1, 0.15) is 19.3 Å². The molecule has 3 rings (SSSR count). The normalized spacial score (nSPS) is 58.5. The molecule has 3 saturated carbocycles. The van der Waals surface area contributed by atoms with E-state index in [1.54, 1.807) is 0 Å². The average Bonchev–Trinajstić information content (AvgIpc) is 2.72. The zero-order valence-electron chi connectivity index (χ0n) is 6.58. The van der Waals surface area contributed by atoms with Crippen LogP contribution in [0.5, 0.6) is 0 Å². The van der Waals surface area contributed by atoms with E-state index in [9.17, 15) is 8.42 Å². The zero-order valence-corrected chi connectivity index (χ0v) is 7.39. The maximum atomic E-state index is 11.4. The lowest BCUT2D eigenvalue weighted by atomic mass is 9.88. The summed E-state index contributed by atoms with van der Waals surface area (Å²) < 4.78 is 22.6. The van der Waals surface area contributed by atoms with Gasteiger partial charge in [0, 0.05) is 6.26 Å². The Morgan fingerprint density at radius 3 is 2.09 bits per heavy atom. The predicted octanol–water partition coefficient (Wildman–Crippen LogP) is 0.830. The van der Waals surface area contributed by atoms with Gasteiger partial charge >= 0.3 is 0 Å². The third-order valence-corrected chi connectivity index (χ3v) is 6.16. The minimum absolute atomic E-state index is 0.161. The van der Waals surface area contributed by atoms with Gasteiger partial charge in [0.1, 0.15) is 0 Å². The summed E-state index contributed by atoms with van der Waals surface area (Å²) in [5.41, 5.74) is 0. The van der Waals surface area contributed by atoms with Crippen molar-refractivity contribution in [3.63, 3.8) is 0 Å². The Morgan fingerprint density at radius 1 is 1.27 bits per heavy atom. The van der Waals surface area contributed by atoms with E-state index in [0.29, 0.717) is 17.8 Å². The molecule has 0 N–H and O–H groups in total. The predicted molar refractivity (Wildman–Crippen MR) is 41.9 cm³/mol. The molecule has 0 aromatic rings. The van der Waals surface area contributed by atoms with Crippen molar-refractivity contribution in [2.24, 2.45) is 17.8 Å². The standard InChI is InChI=1S/C8H12O2S/c1-11(9,10)8-5-3-2-4-6(8)7(5)8/h5-7H,2-4H2,1H3. The van der Waals surface area contributed by atoms with Gasteiger partial charge in [-0.1, -0.05) is 6.42 Å². The molecule has 0 aliphatic heterocycles. The first kappa shape index (κ1) is 6.46. The van der Waals surface area contributed by atoms with Crippen LogP contribution >= 0.6 is 0 Å². The van der Waals surface area contributed by atoms with Gasteiger partial charge in [0.05, 0.1) is 4.75 Å². The number of hydrogen-bond donors (Lipinski definition) is 0. The summed E-state index contributed by atoms with van der Waals surface area (Å²) in [7, 11) is -2.71. The molecule has 0 amide bonds. The van der Waals surface area contributed by atoms with Gasteiger partial charge in [-0.3, -0.25) is 0 Å². The summed E-state index contributed by atoms with van der Waals surface area (Å²) in [5, 5.41) is 0. The van der Waals surface area contributed by atoms with E-state index in [0.717, 1.165) is 0 Å². The van der Waals surface area contributed by atoms with Gasteiger partial charge in [-0.15, -0.1) is 0 Å². The van der Waals surface area contributed by atoms with Crippen molar-refractivity contribution >= 4 is 9.84 Å². The Kier molecular flexibility index (Phi) is 0.817. The number of sulfone groups is 1. The maximum Gasteiger partial charge on any atom is 0.154 e. The monoisotopic (exact) mass is 172 g/mol. The molecule has 0 heterocycles. The molecule has 3 aliphatic carbocycles. The third-order valence-electron chi connectivity index (χ3n) is 4.00. The summed E-state index contributed by atoms with van der Waals surface area (Å²) in [6.45, 7) is 0. The van der Waals surface area contributed by atoms with Crippen LogP contribution in [0, 0.1) is 17.8 Å². The second-order valence-corrected chi connectivity index (χ2v) is 6.55. The van der Waals surface area contributed by atoms with Crippen molar-refractivity contribution in [1.29, 1.82) is 0 Å². The molecule has 11 heavy (non-hydrogen) atoms. The van der Waals surface area contributed by atoms with Gasteiger partial charge in [0.25, 0.3) is 0 Å². The first-order valence-corrected chi connectivity index (χ1v) is 6.19. The van der Waals surface area contributed by atoms with Crippen LogP contribution in [-0.4, -0.2) is 19.4 Å². The van der Waals surface area contributed by atoms with Gasteiger partial charge in [0.15, 0.2) is 9.84 Å². The molecule has 0 spiro atoms. The lowest BCUT2D eigenvalue weighted by molar-refractivity contribution is 0.344. The Hall–Kier alpha value is -0.0500. The van der Waals surface area contributed by atoms with Crippen molar-refractivity contribution in [3.8, 4) is 0 Å². The first-order valence-electron chi connectivity index (χ1n) is 4.29. The first-order chi connectivity index (χ1) is 5.10. The van der Waals surface area contributed by atoms with Crippen molar-refractivity contribution in [2.75, 3.05) is 6.26 Å². The molecule has 0 saturated heterocycles. The average molecular weight is 172 g/mol. The molecule has 3 fully saturated rings. The molecule has 2 atom stereocenters. The highest BCUT2D eigenvalue weighted by molar-refractivity contribution is 7.92. The van der Waals surface area contributed by atoms with Crippen LogP contribution in [-0.2, 0) is 9.84 Å². The van der Waals surface area contributed by atoms with Crippen LogP contribution in [0.4, 0.5) is 0 Å². The van der Waals surface area contributed by atoms with Crippen LogP contribution in [0.15, 0.2) is 0 Å². The fourth-order valence-corrected chi connectivity index (χ4v) is 5.89. The molecule has 62 valence electrons. The molecule has 0 aromatic carbocycles. The topological polar surface area (TPSA) is 34.1 Å². The van der Waals surface area contributed by atoms with Crippen molar-refractivity contribution in [1.82, 2.24) is 0 Å². The number of fused-ring (bicyclic) bond motifs is 2. The van der Waals surface area contributed by atoms with Gasteiger partial charge in [-0.2, -0.15) is 0 Å². The Bertz CT molecular complexity index is 295. The second kappa shape index (κ2) is 1.39. The molecule has 2 nitrogen and oxygen atoms in total. The Morgan fingerprint density at radius 2 is 1.82 bits per heavy atom. The summed E-state index contributed by atoms with van der Waals surface area (Å²) >= 11 is 0. The van der Waals surface area contributed by atoms with E-state index in [2.05, 4.69) is 0 Å². The molecule has 0 bridgehead atoms. The fraction of sp³-hybridized carbons (Fsp3) is 1.00. The summed E-state index contributed by atoms with van der Waals surface area (Å²) in [6, 6.07) is 0. The van der Waals surface area contributed by atoms with Crippen molar-refractivity contribution in [3.05, 3.63) is 0 Å². The number of hydrogen-bond acceptors (Lipinski definition) is 2. The minimum atomic E-state index is -2.71. The second-order valence-electron chi connectivity index (χ2n) is 4.30. The molecular weight excluding hydrogens is 160 g/mol.